The number of rotatable bonds is 5. The van der Waals surface area contributed by atoms with E-state index in [1.54, 1.807) is 17.4 Å². The molecule has 0 bridgehead atoms. The quantitative estimate of drug-likeness (QED) is 0.678. The summed E-state index contributed by atoms with van der Waals surface area (Å²) in [5, 5.41) is 4.07. The summed E-state index contributed by atoms with van der Waals surface area (Å²) in [6, 6.07) is 7.67. The predicted octanol–water partition coefficient (Wildman–Crippen LogP) is 3.42. The highest BCUT2D eigenvalue weighted by atomic mass is 32.1. The SMILES string of the molecule is C/C(=N/NC(=O)COc1cccc(F)c1)c1cc(C)sc1C. The number of benzene rings is 1. The van der Waals surface area contributed by atoms with Crippen LogP contribution in [-0.2, 0) is 4.79 Å². The van der Waals surface area contributed by atoms with Crippen LogP contribution in [0.2, 0.25) is 0 Å². The van der Waals surface area contributed by atoms with E-state index in [1.807, 2.05) is 26.8 Å². The first-order valence-corrected chi connectivity index (χ1v) is 7.56. The maximum atomic E-state index is 13.0. The van der Waals surface area contributed by atoms with Crippen LogP contribution in [0.5, 0.6) is 5.75 Å². The van der Waals surface area contributed by atoms with Gasteiger partial charge in [-0.25, -0.2) is 9.82 Å². The predicted molar refractivity (Wildman–Crippen MR) is 86.0 cm³/mol. The molecule has 2 rings (SSSR count). The molecule has 116 valence electrons. The standard InChI is InChI=1S/C16H17FN2O2S/c1-10-7-15(12(3)22-10)11(2)18-19-16(20)9-21-14-6-4-5-13(17)8-14/h4-8H,9H2,1-3H3,(H,19,20)/b18-11-. The van der Waals surface area contributed by atoms with Crippen LogP contribution in [0, 0.1) is 19.7 Å². The van der Waals surface area contributed by atoms with Crippen molar-refractivity contribution in [2.75, 3.05) is 6.61 Å². The fraction of sp³-hybridized carbons (Fsp3) is 0.250. The van der Waals surface area contributed by atoms with Gasteiger partial charge in [-0.2, -0.15) is 5.10 Å². The molecule has 0 saturated heterocycles. The molecule has 1 N–H and O–H groups in total. The number of amides is 1. The number of nitrogens with one attached hydrogen (secondary N) is 1. The van der Waals surface area contributed by atoms with Gasteiger partial charge in [0.15, 0.2) is 6.61 Å². The molecule has 0 aliphatic rings. The van der Waals surface area contributed by atoms with Crippen LogP contribution in [0.15, 0.2) is 35.4 Å². The van der Waals surface area contributed by atoms with E-state index in [9.17, 15) is 9.18 Å². The zero-order valence-electron chi connectivity index (χ0n) is 12.6. The van der Waals surface area contributed by atoms with Crippen LogP contribution < -0.4 is 10.2 Å². The molecule has 0 radical (unpaired) electrons. The van der Waals surface area contributed by atoms with Gasteiger partial charge in [0, 0.05) is 21.4 Å². The second-order valence-corrected chi connectivity index (χ2v) is 6.27. The number of nitrogens with zero attached hydrogens (tertiary/aromatic N) is 1. The summed E-state index contributed by atoms with van der Waals surface area (Å²) in [7, 11) is 0. The van der Waals surface area contributed by atoms with Gasteiger partial charge in [0.05, 0.1) is 5.71 Å². The Morgan fingerprint density at radius 3 is 2.77 bits per heavy atom. The van der Waals surface area contributed by atoms with E-state index >= 15 is 0 Å². The third kappa shape index (κ3) is 4.39. The van der Waals surface area contributed by atoms with E-state index in [1.165, 1.54) is 23.1 Å². The van der Waals surface area contributed by atoms with E-state index in [0.29, 0.717) is 5.75 Å². The fourth-order valence-electron chi connectivity index (χ4n) is 1.93. The van der Waals surface area contributed by atoms with E-state index in [-0.39, 0.29) is 6.61 Å². The molecule has 1 amide bonds. The van der Waals surface area contributed by atoms with Crippen LogP contribution in [0.25, 0.3) is 0 Å². The third-order valence-corrected chi connectivity index (χ3v) is 3.91. The van der Waals surface area contributed by atoms with Crippen molar-refractivity contribution in [3.05, 3.63) is 51.5 Å². The molecule has 1 aromatic carbocycles. The van der Waals surface area contributed by atoms with E-state index < -0.39 is 11.7 Å². The Kier molecular flexibility index (Phi) is 5.27. The van der Waals surface area contributed by atoms with Crippen molar-refractivity contribution in [1.29, 1.82) is 0 Å². The van der Waals surface area contributed by atoms with Gasteiger partial charge in [-0.15, -0.1) is 11.3 Å². The Balaban J connectivity index is 1.89. The van der Waals surface area contributed by atoms with Crippen LogP contribution in [0.4, 0.5) is 4.39 Å². The second-order valence-electron chi connectivity index (χ2n) is 4.81. The molecule has 0 saturated carbocycles. The van der Waals surface area contributed by atoms with E-state index in [2.05, 4.69) is 10.5 Å². The number of carbonyl (C=O) groups excluding carboxylic acids is 1. The lowest BCUT2D eigenvalue weighted by atomic mass is 10.2. The number of hydrogen-bond acceptors (Lipinski definition) is 4. The van der Waals surface area contributed by atoms with Gasteiger partial charge < -0.3 is 4.74 Å². The topological polar surface area (TPSA) is 50.7 Å². The van der Waals surface area contributed by atoms with Gasteiger partial charge in [-0.1, -0.05) is 6.07 Å². The van der Waals surface area contributed by atoms with Gasteiger partial charge in [0.25, 0.3) is 5.91 Å². The monoisotopic (exact) mass is 320 g/mol. The van der Waals surface area contributed by atoms with Gasteiger partial charge in [0.2, 0.25) is 0 Å². The van der Waals surface area contributed by atoms with Crippen molar-refractivity contribution in [3.63, 3.8) is 0 Å². The summed E-state index contributed by atoms with van der Waals surface area (Å²) in [5.74, 6) is -0.497. The van der Waals surface area contributed by atoms with Gasteiger partial charge in [-0.05, 0) is 39.0 Å². The van der Waals surface area contributed by atoms with Crippen molar-refractivity contribution in [1.82, 2.24) is 5.43 Å². The minimum atomic E-state index is -0.407. The Hall–Kier alpha value is -2.21. The van der Waals surface area contributed by atoms with Crippen molar-refractivity contribution >= 4 is 23.0 Å². The van der Waals surface area contributed by atoms with Gasteiger partial charge >= 0.3 is 0 Å². The molecule has 22 heavy (non-hydrogen) atoms. The smallest absolute Gasteiger partial charge is 0.277 e. The number of halogens is 1. The van der Waals surface area contributed by atoms with Crippen molar-refractivity contribution in [3.8, 4) is 5.75 Å². The highest BCUT2D eigenvalue weighted by molar-refractivity contribution is 7.12. The van der Waals surface area contributed by atoms with E-state index in [4.69, 9.17) is 4.74 Å². The number of carbonyl (C=O) groups is 1. The van der Waals surface area contributed by atoms with Crippen molar-refractivity contribution < 1.29 is 13.9 Å². The van der Waals surface area contributed by atoms with Gasteiger partial charge in [0.1, 0.15) is 11.6 Å². The molecule has 1 heterocycles. The number of aryl methyl sites for hydroxylation is 2. The van der Waals surface area contributed by atoms with Gasteiger partial charge in [-0.3, -0.25) is 4.79 Å². The minimum absolute atomic E-state index is 0.220. The fourth-order valence-corrected chi connectivity index (χ4v) is 2.91. The molecule has 1 aromatic heterocycles. The Labute approximate surface area is 132 Å². The molecule has 0 aliphatic heterocycles. The molecule has 2 aromatic rings. The van der Waals surface area contributed by atoms with Crippen LogP contribution >= 0.6 is 11.3 Å². The first-order chi connectivity index (χ1) is 10.5. The first kappa shape index (κ1) is 16.2. The molecular formula is C16H17FN2O2S. The molecule has 6 heteroatoms. The average Bonchev–Trinajstić information content (AvgIpc) is 2.81. The van der Waals surface area contributed by atoms with Crippen molar-refractivity contribution in [2.24, 2.45) is 5.10 Å². The lowest BCUT2D eigenvalue weighted by molar-refractivity contribution is -0.123. The largest absolute Gasteiger partial charge is 0.484 e. The molecule has 0 spiro atoms. The molecule has 0 aliphatic carbocycles. The lowest BCUT2D eigenvalue weighted by Crippen LogP contribution is -2.25. The molecule has 0 fully saturated rings. The number of ether oxygens (including phenoxy) is 1. The molecule has 0 unspecified atom stereocenters. The summed E-state index contributed by atoms with van der Waals surface area (Å²) in [6.07, 6.45) is 0. The third-order valence-electron chi connectivity index (χ3n) is 2.95. The molecule has 0 atom stereocenters. The zero-order chi connectivity index (χ0) is 16.1. The number of hydrazone groups is 1. The highest BCUT2D eigenvalue weighted by Crippen LogP contribution is 2.21. The second kappa shape index (κ2) is 7.17. The summed E-state index contributed by atoms with van der Waals surface area (Å²) < 4.78 is 18.2. The highest BCUT2D eigenvalue weighted by Gasteiger charge is 2.07. The van der Waals surface area contributed by atoms with Crippen LogP contribution in [0.3, 0.4) is 0 Å². The average molecular weight is 320 g/mol. The maximum Gasteiger partial charge on any atom is 0.277 e. The number of thiophene rings is 1. The summed E-state index contributed by atoms with van der Waals surface area (Å²) in [4.78, 5) is 14.0. The van der Waals surface area contributed by atoms with Crippen LogP contribution in [-0.4, -0.2) is 18.2 Å². The normalized spacial score (nSPS) is 11.4. The van der Waals surface area contributed by atoms with Crippen LogP contribution in [0.1, 0.15) is 22.2 Å². The zero-order valence-corrected chi connectivity index (χ0v) is 13.5. The maximum absolute atomic E-state index is 13.0. The first-order valence-electron chi connectivity index (χ1n) is 6.74. The Morgan fingerprint density at radius 2 is 2.14 bits per heavy atom. The van der Waals surface area contributed by atoms with Crippen molar-refractivity contribution in [2.45, 2.75) is 20.8 Å². The van der Waals surface area contributed by atoms with E-state index in [0.717, 1.165) is 16.2 Å². The number of hydrogen-bond donors (Lipinski definition) is 1. The Morgan fingerprint density at radius 1 is 1.36 bits per heavy atom. The molecule has 4 nitrogen and oxygen atoms in total. The summed E-state index contributed by atoms with van der Waals surface area (Å²) in [5.41, 5.74) is 4.20. The lowest BCUT2D eigenvalue weighted by Gasteiger charge is -2.05. The molecular weight excluding hydrogens is 303 g/mol. The summed E-state index contributed by atoms with van der Waals surface area (Å²) in [6.45, 7) is 5.66. The minimum Gasteiger partial charge on any atom is -0.484 e. The Bertz CT molecular complexity index is 710. The summed E-state index contributed by atoms with van der Waals surface area (Å²) >= 11 is 1.69.